The number of benzene rings is 2. The summed E-state index contributed by atoms with van der Waals surface area (Å²) >= 11 is 0. The maximum atomic E-state index is 10.0. The third kappa shape index (κ3) is 2.91. The molecule has 0 bridgehead atoms. The summed E-state index contributed by atoms with van der Waals surface area (Å²) in [6.45, 7) is 0. The molecule has 90 valence electrons. The van der Waals surface area contributed by atoms with Crippen LogP contribution in [-0.4, -0.2) is 12.2 Å². The Hall–Kier alpha value is -2.24. The summed E-state index contributed by atoms with van der Waals surface area (Å²) in [5, 5.41) is 10.0. The Morgan fingerprint density at radius 2 is 1.67 bits per heavy atom. The van der Waals surface area contributed by atoms with Gasteiger partial charge in [-0.05, 0) is 18.2 Å². The van der Waals surface area contributed by atoms with Crippen molar-refractivity contribution >= 4 is 0 Å². The zero-order valence-electron chi connectivity index (χ0n) is 10.1. The minimum atomic E-state index is -0.846. The lowest BCUT2D eigenvalue weighted by Crippen LogP contribution is -1.97. The molecule has 0 unspecified atom stereocenters. The van der Waals surface area contributed by atoms with E-state index in [4.69, 9.17) is 4.74 Å². The van der Waals surface area contributed by atoms with Crippen molar-refractivity contribution in [2.75, 3.05) is 7.11 Å². The summed E-state index contributed by atoms with van der Waals surface area (Å²) in [4.78, 5) is 0. The first-order chi connectivity index (χ1) is 8.81. The number of ether oxygens (including phenoxy) is 1. The van der Waals surface area contributed by atoms with Crippen molar-refractivity contribution in [3.63, 3.8) is 0 Å². The van der Waals surface area contributed by atoms with Gasteiger partial charge in [0, 0.05) is 11.1 Å². The predicted octanol–water partition coefficient (Wildman–Crippen LogP) is 2.78. The first-order valence-electron chi connectivity index (χ1n) is 5.69. The zero-order chi connectivity index (χ0) is 12.8. The second-order valence-electron chi connectivity index (χ2n) is 3.78. The van der Waals surface area contributed by atoms with E-state index < -0.39 is 6.10 Å². The van der Waals surface area contributed by atoms with Gasteiger partial charge in [-0.15, -0.1) is 0 Å². The van der Waals surface area contributed by atoms with E-state index in [-0.39, 0.29) is 0 Å². The summed E-state index contributed by atoms with van der Waals surface area (Å²) in [6.07, 6.45) is -0.846. The van der Waals surface area contributed by atoms with Crippen LogP contribution in [0.15, 0.2) is 54.6 Å². The number of hydrogen-bond acceptors (Lipinski definition) is 2. The minimum Gasteiger partial charge on any atom is -0.496 e. The lowest BCUT2D eigenvalue weighted by Gasteiger charge is -2.09. The van der Waals surface area contributed by atoms with Crippen LogP contribution in [0, 0.1) is 11.8 Å². The van der Waals surface area contributed by atoms with Gasteiger partial charge in [-0.1, -0.05) is 48.2 Å². The van der Waals surface area contributed by atoms with Gasteiger partial charge in [-0.2, -0.15) is 0 Å². The van der Waals surface area contributed by atoms with E-state index in [1.54, 1.807) is 7.11 Å². The van der Waals surface area contributed by atoms with E-state index in [2.05, 4.69) is 11.8 Å². The number of hydrogen-bond donors (Lipinski definition) is 1. The number of aliphatic hydroxyl groups excluding tert-OH is 1. The van der Waals surface area contributed by atoms with Gasteiger partial charge >= 0.3 is 0 Å². The number of methoxy groups -OCH3 is 1. The molecule has 1 atom stereocenters. The van der Waals surface area contributed by atoms with Gasteiger partial charge in [-0.25, -0.2) is 0 Å². The molecule has 2 rings (SSSR count). The smallest absolute Gasteiger partial charge is 0.144 e. The molecule has 0 aromatic heterocycles. The predicted molar refractivity (Wildman–Crippen MR) is 71.3 cm³/mol. The van der Waals surface area contributed by atoms with E-state index in [0.29, 0.717) is 11.3 Å². The Balaban J connectivity index is 2.23. The van der Waals surface area contributed by atoms with E-state index in [0.717, 1.165) is 5.56 Å². The molecule has 0 aliphatic heterocycles. The Morgan fingerprint density at radius 1 is 1.00 bits per heavy atom. The molecule has 18 heavy (non-hydrogen) atoms. The Bertz CT molecular complexity index is 564. The van der Waals surface area contributed by atoms with Gasteiger partial charge in [0.1, 0.15) is 11.9 Å². The lowest BCUT2D eigenvalue weighted by molar-refractivity contribution is 0.232. The Kier molecular flexibility index (Phi) is 4.01. The van der Waals surface area contributed by atoms with Crippen LogP contribution in [0.3, 0.4) is 0 Å². The largest absolute Gasteiger partial charge is 0.496 e. The molecule has 0 heterocycles. The van der Waals surface area contributed by atoms with Crippen LogP contribution in [0.25, 0.3) is 0 Å². The van der Waals surface area contributed by atoms with Gasteiger partial charge < -0.3 is 9.84 Å². The van der Waals surface area contributed by atoms with Crippen molar-refractivity contribution in [2.45, 2.75) is 6.10 Å². The van der Waals surface area contributed by atoms with Gasteiger partial charge in [0.15, 0.2) is 0 Å². The summed E-state index contributed by atoms with van der Waals surface area (Å²) in [5.41, 5.74) is 1.56. The highest BCUT2D eigenvalue weighted by molar-refractivity contribution is 5.41. The fourth-order valence-corrected chi connectivity index (χ4v) is 1.64. The monoisotopic (exact) mass is 238 g/mol. The highest BCUT2D eigenvalue weighted by Gasteiger charge is 2.09. The van der Waals surface area contributed by atoms with E-state index >= 15 is 0 Å². The highest BCUT2D eigenvalue weighted by Crippen LogP contribution is 2.23. The van der Waals surface area contributed by atoms with E-state index in [9.17, 15) is 5.11 Å². The van der Waals surface area contributed by atoms with Crippen LogP contribution >= 0.6 is 0 Å². The number of aliphatic hydroxyl groups is 1. The van der Waals surface area contributed by atoms with Gasteiger partial charge in [0.25, 0.3) is 0 Å². The third-order valence-corrected chi connectivity index (χ3v) is 2.56. The second-order valence-corrected chi connectivity index (χ2v) is 3.78. The van der Waals surface area contributed by atoms with Gasteiger partial charge in [0.05, 0.1) is 7.11 Å². The van der Waals surface area contributed by atoms with Gasteiger partial charge in [-0.3, -0.25) is 0 Å². The summed E-state index contributed by atoms with van der Waals surface area (Å²) in [6, 6.07) is 16.9. The number of rotatable bonds is 2. The van der Waals surface area contributed by atoms with Crippen LogP contribution in [0.2, 0.25) is 0 Å². The molecule has 0 spiro atoms. The van der Waals surface area contributed by atoms with Crippen LogP contribution in [0.5, 0.6) is 5.75 Å². The zero-order valence-corrected chi connectivity index (χ0v) is 10.1. The van der Waals surface area contributed by atoms with Crippen LogP contribution < -0.4 is 4.74 Å². The first kappa shape index (κ1) is 12.2. The molecule has 2 aromatic rings. The van der Waals surface area contributed by atoms with Crippen LogP contribution in [-0.2, 0) is 0 Å². The standard InChI is InChI=1S/C16H14O2/c1-18-16-10-6-5-9-14(16)15(17)12-11-13-7-3-2-4-8-13/h2-10,15,17H,1H3/t15-/m1/s1. The summed E-state index contributed by atoms with van der Waals surface area (Å²) < 4.78 is 5.19. The molecule has 0 aliphatic carbocycles. The molecule has 0 radical (unpaired) electrons. The van der Waals surface area contributed by atoms with Crippen molar-refractivity contribution in [2.24, 2.45) is 0 Å². The van der Waals surface area contributed by atoms with E-state index in [1.165, 1.54) is 0 Å². The summed E-state index contributed by atoms with van der Waals surface area (Å²) in [5.74, 6) is 6.40. The van der Waals surface area contributed by atoms with Crippen molar-refractivity contribution in [3.05, 3.63) is 65.7 Å². The molecule has 0 saturated carbocycles. The number of para-hydroxylation sites is 1. The van der Waals surface area contributed by atoms with Crippen LogP contribution in [0.1, 0.15) is 17.2 Å². The topological polar surface area (TPSA) is 29.5 Å². The summed E-state index contributed by atoms with van der Waals surface area (Å²) in [7, 11) is 1.58. The fourth-order valence-electron chi connectivity index (χ4n) is 1.64. The normalized spacial score (nSPS) is 11.2. The quantitative estimate of drug-likeness (QED) is 0.815. The SMILES string of the molecule is COc1ccccc1[C@H](O)C#Cc1ccccc1. The Labute approximate surface area is 107 Å². The fraction of sp³-hybridized carbons (Fsp3) is 0.125. The molecule has 0 fully saturated rings. The van der Waals surface area contributed by atoms with E-state index in [1.807, 2.05) is 54.6 Å². The Morgan fingerprint density at radius 3 is 2.39 bits per heavy atom. The maximum Gasteiger partial charge on any atom is 0.144 e. The van der Waals surface area contributed by atoms with Crippen molar-refractivity contribution < 1.29 is 9.84 Å². The molecule has 0 aliphatic rings. The third-order valence-electron chi connectivity index (χ3n) is 2.56. The molecule has 1 N–H and O–H groups in total. The van der Waals surface area contributed by atoms with Crippen molar-refractivity contribution in [1.82, 2.24) is 0 Å². The molecule has 2 nitrogen and oxygen atoms in total. The molecule has 0 amide bonds. The van der Waals surface area contributed by atoms with Crippen molar-refractivity contribution in [1.29, 1.82) is 0 Å². The van der Waals surface area contributed by atoms with Gasteiger partial charge in [0.2, 0.25) is 0 Å². The van der Waals surface area contributed by atoms with Crippen molar-refractivity contribution in [3.8, 4) is 17.6 Å². The molecular formula is C16H14O2. The highest BCUT2D eigenvalue weighted by atomic mass is 16.5. The average molecular weight is 238 g/mol. The van der Waals surface area contributed by atoms with Crippen LogP contribution in [0.4, 0.5) is 0 Å². The molecule has 0 saturated heterocycles. The average Bonchev–Trinajstić information content (AvgIpc) is 2.45. The minimum absolute atomic E-state index is 0.646. The maximum absolute atomic E-state index is 10.0. The molecule has 2 aromatic carbocycles. The second kappa shape index (κ2) is 5.90. The lowest BCUT2D eigenvalue weighted by atomic mass is 10.1. The first-order valence-corrected chi connectivity index (χ1v) is 5.69. The molecular weight excluding hydrogens is 224 g/mol. The molecule has 2 heteroatoms.